The van der Waals surface area contributed by atoms with Crippen LogP contribution >= 0.6 is 0 Å². The van der Waals surface area contributed by atoms with E-state index in [1.54, 1.807) is 6.08 Å². The van der Waals surface area contributed by atoms with Crippen LogP contribution in [0.5, 0.6) is 0 Å². The highest BCUT2D eigenvalue weighted by atomic mass is 16.7. The molecule has 0 bridgehead atoms. The Hall–Kier alpha value is -2.69. The molecule has 1 aromatic rings. The lowest BCUT2D eigenvalue weighted by Gasteiger charge is -2.10. The monoisotopic (exact) mass is 271 g/mol. The van der Waals surface area contributed by atoms with Crippen LogP contribution < -0.4 is 0 Å². The summed E-state index contributed by atoms with van der Waals surface area (Å²) in [6.07, 6.45) is 6.30. The average Bonchev–Trinajstić information content (AvgIpc) is 2.77. The Morgan fingerprint density at radius 3 is 2.35 bits per heavy atom. The minimum Gasteiger partial charge on any atom is -0.326 e. The number of hydrogen-bond donors (Lipinski definition) is 0. The number of imide groups is 1. The molecule has 1 fully saturated rings. The van der Waals surface area contributed by atoms with Crippen molar-refractivity contribution in [2.75, 3.05) is 0 Å². The zero-order chi connectivity index (χ0) is 14.4. The quantitative estimate of drug-likeness (QED) is 0.476. The fourth-order valence-corrected chi connectivity index (χ4v) is 1.64. The number of hydrogen-bond acceptors (Lipinski definition) is 4. The van der Waals surface area contributed by atoms with Gasteiger partial charge in [0.05, 0.1) is 0 Å². The van der Waals surface area contributed by atoms with Crippen molar-refractivity contribution in [1.29, 1.82) is 0 Å². The molecule has 5 heteroatoms. The number of rotatable bonds is 4. The second-order valence-corrected chi connectivity index (χ2v) is 4.12. The number of nitrogens with zero attached hydrogens (tertiary/aromatic N) is 1. The molecular weight excluding hydrogens is 258 g/mol. The zero-order valence-electron chi connectivity index (χ0n) is 10.7. The molecule has 20 heavy (non-hydrogen) atoms. The van der Waals surface area contributed by atoms with Crippen molar-refractivity contribution in [3.63, 3.8) is 0 Å². The van der Waals surface area contributed by atoms with E-state index in [-0.39, 0.29) is 12.8 Å². The van der Waals surface area contributed by atoms with Gasteiger partial charge in [-0.05, 0) is 5.56 Å². The molecule has 0 unspecified atom stereocenters. The fraction of sp³-hybridized carbons (Fsp3) is 0.133. The number of carbonyl (C=O) groups excluding carboxylic acids is 3. The molecule has 102 valence electrons. The van der Waals surface area contributed by atoms with E-state index in [2.05, 4.69) is 4.84 Å². The third-order valence-electron chi connectivity index (χ3n) is 2.62. The van der Waals surface area contributed by atoms with Crippen LogP contribution in [0.1, 0.15) is 18.4 Å². The molecule has 1 heterocycles. The standard InChI is InChI=1S/C15H13NO4/c17-13-10-11-14(18)16(13)20-15(19)9-5-4-8-12-6-2-1-3-7-12/h1-9H,10-11H2. The summed E-state index contributed by atoms with van der Waals surface area (Å²) >= 11 is 0. The lowest BCUT2D eigenvalue weighted by atomic mass is 10.2. The van der Waals surface area contributed by atoms with Gasteiger partial charge in [0, 0.05) is 18.9 Å². The number of benzene rings is 1. The molecule has 0 spiro atoms. The van der Waals surface area contributed by atoms with Gasteiger partial charge in [-0.1, -0.05) is 48.6 Å². The Morgan fingerprint density at radius 2 is 1.70 bits per heavy atom. The highest BCUT2D eigenvalue weighted by Crippen LogP contribution is 2.12. The highest BCUT2D eigenvalue weighted by molar-refractivity contribution is 6.02. The molecule has 0 atom stereocenters. The molecule has 0 radical (unpaired) electrons. The Kier molecular flexibility index (Phi) is 4.44. The first-order chi connectivity index (χ1) is 9.66. The normalized spacial score (nSPS) is 15.5. The van der Waals surface area contributed by atoms with Crippen LogP contribution in [0.2, 0.25) is 0 Å². The highest BCUT2D eigenvalue weighted by Gasteiger charge is 2.32. The molecule has 0 aliphatic carbocycles. The van der Waals surface area contributed by atoms with Gasteiger partial charge in [-0.2, -0.15) is 0 Å². The smallest absolute Gasteiger partial charge is 0.326 e. The fourth-order valence-electron chi connectivity index (χ4n) is 1.64. The number of hydroxylamine groups is 2. The Balaban J connectivity index is 1.85. The van der Waals surface area contributed by atoms with E-state index >= 15 is 0 Å². The first-order valence-electron chi connectivity index (χ1n) is 6.14. The minimum absolute atomic E-state index is 0.0870. The van der Waals surface area contributed by atoms with Gasteiger partial charge in [0.25, 0.3) is 11.8 Å². The maximum atomic E-state index is 11.4. The van der Waals surface area contributed by atoms with Crippen molar-refractivity contribution in [1.82, 2.24) is 5.06 Å². The van der Waals surface area contributed by atoms with Gasteiger partial charge in [0.2, 0.25) is 0 Å². The van der Waals surface area contributed by atoms with E-state index < -0.39 is 17.8 Å². The van der Waals surface area contributed by atoms with Crippen LogP contribution in [0, 0.1) is 0 Å². The molecule has 1 aliphatic rings. The first kappa shape index (κ1) is 13.7. The molecule has 2 amide bonds. The van der Waals surface area contributed by atoms with E-state index in [4.69, 9.17) is 0 Å². The van der Waals surface area contributed by atoms with Crippen molar-refractivity contribution < 1.29 is 19.2 Å². The Bertz CT molecular complexity index is 559. The van der Waals surface area contributed by atoms with Crippen LogP contribution in [-0.4, -0.2) is 22.8 Å². The molecule has 1 aliphatic heterocycles. The van der Waals surface area contributed by atoms with Crippen molar-refractivity contribution in [3.8, 4) is 0 Å². The van der Waals surface area contributed by atoms with Gasteiger partial charge in [0.15, 0.2) is 0 Å². The van der Waals surface area contributed by atoms with E-state index in [9.17, 15) is 14.4 Å². The lowest BCUT2D eigenvalue weighted by Crippen LogP contribution is -2.31. The number of carbonyl (C=O) groups is 3. The summed E-state index contributed by atoms with van der Waals surface area (Å²) in [6, 6.07) is 9.56. The predicted molar refractivity (Wildman–Crippen MR) is 71.8 cm³/mol. The summed E-state index contributed by atoms with van der Waals surface area (Å²) < 4.78 is 0. The molecule has 0 N–H and O–H groups in total. The zero-order valence-corrected chi connectivity index (χ0v) is 10.7. The lowest BCUT2D eigenvalue weighted by molar-refractivity contribution is -0.193. The van der Waals surface area contributed by atoms with Crippen LogP contribution in [0.4, 0.5) is 0 Å². The summed E-state index contributed by atoms with van der Waals surface area (Å²) in [5, 5.41) is 0.521. The molecule has 2 rings (SSSR count). The molecule has 0 saturated carbocycles. The molecule has 1 aromatic carbocycles. The maximum Gasteiger partial charge on any atom is 0.356 e. The second kappa shape index (κ2) is 6.47. The van der Waals surface area contributed by atoms with Gasteiger partial charge < -0.3 is 4.84 Å². The Morgan fingerprint density at radius 1 is 1.05 bits per heavy atom. The van der Waals surface area contributed by atoms with E-state index in [0.29, 0.717) is 5.06 Å². The number of allylic oxidation sites excluding steroid dienone is 2. The molecule has 0 aromatic heterocycles. The minimum atomic E-state index is -0.758. The van der Waals surface area contributed by atoms with Crippen LogP contribution in [0.3, 0.4) is 0 Å². The van der Waals surface area contributed by atoms with Crippen molar-refractivity contribution in [2.24, 2.45) is 0 Å². The predicted octanol–water partition coefficient (Wildman–Crippen LogP) is 1.86. The Labute approximate surface area is 116 Å². The molecular formula is C15H13NO4. The largest absolute Gasteiger partial charge is 0.356 e. The van der Waals surface area contributed by atoms with Crippen LogP contribution in [-0.2, 0) is 19.2 Å². The first-order valence-corrected chi connectivity index (χ1v) is 6.14. The SMILES string of the molecule is O=C(C=CC=Cc1ccccc1)ON1C(=O)CCC1=O. The van der Waals surface area contributed by atoms with E-state index in [1.165, 1.54) is 6.08 Å². The van der Waals surface area contributed by atoms with Crippen molar-refractivity contribution in [2.45, 2.75) is 12.8 Å². The summed E-state index contributed by atoms with van der Waals surface area (Å²) in [5.74, 6) is -1.74. The van der Waals surface area contributed by atoms with Crippen molar-refractivity contribution >= 4 is 23.9 Å². The van der Waals surface area contributed by atoms with Crippen molar-refractivity contribution in [3.05, 3.63) is 54.1 Å². The van der Waals surface area contributed by atoms with Gasteiger partial charge in [-0.15, -0.1) is 5.06 Å². The topological polar surface area (TPSA) is 63.7 Å². The molecule has 1 saturated heterocycles. The maximum absolute atomic E-state index is 11.4. The van der Waals surface area contributed by atoms with E-state index in [0.717, 1.165) is 11.6 Å². The van der Waals surface area contributed by atoms with Gasteiger partial charge in [-0.3, -0.25) is 9.59 Å². The average molecular weight is 271 g/mol. The number of amides is 2. The van der Waals surface area contributed by atoms with Gasteiger partial charge in [0.1, 0.15) is 0 Å². The summed E-state index contributed by atoms with van der Waals surface area (Å²) in [6.45, 7) is 0. The van der Waals surface area contributed by atoms with E-state index in [1.807, 2.05) is 36.4 Å². The molecule has 5 nitrogen and oxygen atoms in total. The van der Waals surface area contributed by atoms with Gasteiger partial charge in [-0.25, -0.2) is 4.79 Å². The summed E-state index contributed by atoms with van der Waals surface area (Å²) in [7, 11) is 0. The van der Waals surface area contributed by atoms with Gasteiger partial charge >= 0.3 is 5.97 Å². The summed E-state index contributed by atoms with van der Waals surface area (Å²) in [4.78, 5) is 38.5. The van der Waals surface area contributed by atoms with Crippen LogP contribution in [0.25, 0.3) is 6.08 Å². The third-order valence-corrected chi connectivity index (χ3v) is 2.62. The third kappa shape index (κ3) is 3.65. The second-order valence-electron chi connectivity index (χ2n) is 4.12. The summed E-state index contributed by atoms with van der Waals surface area (Å²) in [5.41, 5.74) is 0.996. The van der Waals surface area contributed by atoms with Crippen LogP contribution in [0.15, 0.2) is 48.6 Å².